The van der Waals surface area contributed by atoms with Crippen molar-refractivity contribution in [2.45, 2.75) is 46.7 Å². The van der Waals surface area contributed by atoms with E-state index in [9.17, 15) is 9.59 Å². The second-order valence-corrected chi connectivity index (χ2v) is 7.10. The molecule has 0 heterocycles. The van der Waals surface area contributed by atoms with Gasteiger partial charge in [0, 0.05) is 13.6 Å². The van der Waals surface area contributed by atoms with Crippen LogP contribution in [0.3, 0.4) is 0 Å². The molecule has 2 aromatic rings. The molecule has 0 aliphatic rings. The Bertz CT molecular complexity index is 815. The summed E-state index contributed by atoms with van der Waals surface area (Å²) in [5.74, 6) is 0.299. The molecule has 0 saturated heterocycles. The summed E-state index contributed by atoms with van der Waals surface area (Å²) in [6.07, 6.45) is 0.529. The summed E-state index contributed by atoms with van der Waals surface area (Å²) in [5, 5.41) is 2.66. The van der Waals surface area contributed by atoms with Gasteiger partial charge in [-0.3, -0.25) is 9.59 Å². The zero-order valence-corrected chi connectivity index (χ0v) is 17.4. The molecule has 0 spiro atoms. The van der Waals surface area contributed by atoms with Gasteiger partial charge >= 0.3 is 0 Å². The van der Waals surface area contributed by atoms with Gasteiger partial charge in [-0.1, -0.05) is 54.4 Å². The van der Waals surface area contributed by atoms with Crippen molar-refractivity contribution in [1.29, 1.82) is 0 Å². The Morgan fingerprint density at radius 1 is 1.04 bits per heavy atom. The van der Waals surface area contributed by atoms with Crippen molar-refractivity contribution in [2.24, 2.45) is 0 Å². The Morgan fingerprint density at radius 2 is 1.68 bits per heavy atom. The summed E-state index contributed by atoms with van der Waals surface area (Å²) in [6, 6.07) is 13.3. The fourth-order valence-electron chi connectivity index (χ4n) is 3.16. The highest BCUT2D eigenvalue weighted by Crippen LogP contribution is 2.19. The number of carbonyl (C=O) groups excluding carboxylic acids is 2. The minimum absolute atomic E-state index is 0.108. The lowest BCUT2D eigenvalue weighted by Crippen LogP contribution is -2.49. The molecule has 5 heteroatoms. The van der Waals surface area contributed by atoms with Crippen LogP contribution in [0.4, 0.5) is 0 Å². The van der Waals surface area contributed by atoms with E-state index in [4.69, 9.17) is 4.74 Å². The van der Waals surface area contributed by atoms with Crippen LogP contribution in [0, 0.1) is 20.8 Å². The molecule has 28 heavy (non-hydrogen) atoms. The highest BCUT2D eigenvalue weighted by Gasteiger charge is 2.28. The van der Waals surface area contributed by atoms with Crippen molar-refractivity contribution in [3.05, 3.63) is 64.7 Å². The Balaban J connectivity index is 2.19. The zero-order valence-electron chi connectivity index (χ0n) is 17.4. The van der Waals surface area contributed by atoms with Crippen LogP contribution in [0.15, 0.2) is 42.5 Å². The van der Waals surface area contributed by atoms with Gasteiger partial charge in [-0.05, 0) is 44.4 Å². The molecule has 0 aliphatic heterocycles. The molecule has 0 aromatic heterocycles. The number of nitrogens with zero attached hydrogens (tertiary/aromatic N) is 1. The van der Waals surface area contributed by atoms with Gasteiger partial charge in [0.05, 0.1) is 0 Å². The number of rotatable bonds is 8. The van der Waals surface area contributed by atoms with E-state index in [1.165, 1.54) is 0 Å². The largest absolute Gasteiger partial charge is 0.483 e. The average Bonchev–Trinajstić information content (AvgIpc) is 2.68. The average molecular weight is 383 g/mol. The van der Waals surface area contributed by atoms with Crippen molar-refractivity contribution in [3.63, 3.8) is 0 Å². The van der Waals surface area contributed by atoms with Crippen molar-refractivity contribution < 1.29 is 14.3 Å². The van der Waals surface area contributed by atoms with Gasteiger partial charge in [-0.15, -0.1) is 0 Å². The lowest BCUT2D eigenvalue weighted by molar-refractivity contribution is -0.142. The van der Waals surface area contributed by atoms with E-state index in [0.29, 0.717) is 18.7 Å². The van der Waals surface area contributed by atoms with Crippen LogP contribution in [0.5, 0.6) is 5.75 Å². The second kappa shape index (κ2) is 9.93. The molecule has 0 radical (unpaired) electrons. The molecular formula is C23H30N2O3. The molecule has 2 aromatic carbocycles. The summed E-state index contributed by atoms with van der Waals surface area (Å²) in [6.45, 7) is 8.14. The van der Waals surface area contributed by atoms with Gasteiger partial charge in [0.1, 0.15) is 11.8 Å². The quantitative estimate of drug-likeness (QED) is 0.760. The lowest BCUT2D eigenvalue weighted by atomic mass is 10.1. The van der Waals surface area contributed by atoms with Crippen molar-refractivity contribution in [1.82, 2.24) is 10.2 Å². The topological polar surface area (TPSA) is 58.6 Å². The van der Waals surface area contributed by atoms with Crippen LogP contribution >= 0.6 is 0 Å². The molecule has 5 nitrogen and oxygen atoms in total. The molecule has 1 atom stereocenters. The van der Waals surface area contributed by atoms with Gasteiger partial charge in [0.2, 0.25) is 5.91 Å². The monoisotopic (exact) mass is 382 g/mol. The molecule has 2 rings (SSSR count). The van der Waals surface area contributed by atoms with E-state index < -0.39 is 6.04 Å². The van der Waals surface area contributed by atoms with Gasteiger partial charge in [0.15, 0.2) is 6.61 Å². The first-order valence-electron chi connectivity index (χ1n) is 9.62. The van der Waals surface area contributed by atoms with Crippen molar-refractivity contribution in [3.8, 4) is 5.75 Å². The summed E-state index contributed by atoms with van der Waals surface area (Å²) >= 11 is 0. The fourth-order valence-corrected chi connectivity index (χ4v) is 3.16. The number of likely N-dealkylation sites (N-methyl/N-ethyl adjacent to an activating group) is 1. The zero-order chi connectivity index (χ0) is 20.7. The summed E-state index contributed by atoms with van der Waals surface area (Å²) in [7, 11) is 1.59. The predicted molar refractivity (Wildman–Crippen MR) is 111 cm³/mol. The van der Waals surface area contributed by atoms with Crippen LogP contribution in [0.25, 0.3) is 0 Å². The van der Waals surface area contributed by atoms with E-state index in [-0.39, 0.29) is 18.4 Å². The highest BCUT2D eigenvalue weighted by molar-refractivity contribution is 5.88. The molecule has 0 saturated carbocycles. The summed E-state index contributed by atoms with van der Waals surface area (Å²) in [4.78, 5) is 27.0. The number of amides is 2. The van der Waals surface area contributed by atoms with Crippen molar-refractivity contribution in [2.75, 3.05) is 13.7 Å². The van der Waals surface area contributed by atoms with Crippen LogP contribution < -0.4 is 10.1 Å². The third-order valence-electron chi connectivity index (χ3n) is 4.79. The molecular weight excluding hydrogens is 352 g/mol. The summed E-state index contributed by atoms with van der Waals surface area (Å²) in [5.41, 5.74) is 4.25. The maximum Gasteiger partial charge on any atom is 0.261 e. The molecule has 150 valence electrons. The molecule has 0 bridgehead atoms. The molecule has 2 amide bonds. The number of ether oxygens (including phenoxy) is 1. The first-order chi connectivity index (χ1) is 13.3. The number of hydrogen-bond acceptors (Lipinski definition) is 3. The lowest BCUT2D eigenvalue weighted by Gasteiger charge is -2.30. The predicted octanol–water partition coefficient (Wildman–Crippen LogP) is 3.54. The molecule has 0 unspecified atom stereocenters. The number of benzene rings is 2. The van der Waals surface area contributed by atoms with E-state index in [0.717, 1.165) is 22.3 Å². The van der Waals surface area contributed by atoms with Gasteiger partial charge in [-0.2, -0.15) is 0 Å². The number of aryl methyl sites for hydroxylation is 3. The Morgan fingerprint density at radius 3 is 2.25 bits per heavy atom. The smallest absolute Gasteiger partial charge is 0.261 e. The van der Waals surface area contributed by atoms with Crippen LogP contribution in [0.1, 0.15) is 35.6 Å². The van der Waals surface area contributed by atoms with Crippen LogP contribution in [0.2, 0.25) is 0 Å². The Hall–Kier alpha value is -2.82. The first kappa shape index (κ1) is 21.5. The minimum Gasteiger partial charge on any atom is -0.483 e. The fraction of sp³-hybridized carbons (Fsp3) is 0.391. The van der Waals surface area contributed by atoms with Gasteiger partial charge in [0.25, 0.3) is 5.91 Å². The van der Waals surface area contributed by atoms with Gasteiger partial charge in [-0.25, -0.2) is 0 Å². The van der Waals surface area contributed by atoms with E-state index in [1.807, 2.05) is 70.2 Å². The Labute approximate surface area is 167 Å². The maximum atomic E-state index is 13.0. The van der Waals surface area contributed by atoms with E-state index >= 15 is 0 Å². The second-order valence-electron chi connectivity index (χ2n) is 7.10. The SMILES string of the molecule is CC[C@H](C(=O)NC)N(Cc1ccc(C)cc1)C(=O)COc1ccc(C)cc1C. The minimum atomic E-state index is -0.540. The molecule has 0 aliphatic carbocycles. The maximum absolute atomic E-state index is 13.0. The van der Waals surface area contributed by atoms with Crippen molar-refractivity contribution >= 4 is 11.8 Å². The highest BCUT2D eigenvalue weighted by atomic mass is 16.5. The van der Waals surface area contributed by atoms with Gasteiger partial charge < -0.3 is 15.0 Å². The van der Waals surface area contributed by atoms with E-state index in [2.05, 4.69) is 5.32 Å². The number of hydrogen-bond donors (Lipinski definition) is 1. The van der Waals surface area contributed by atoms with Crippen LogP contribution in [-0.4, -0.2) is 36.4 Å². The third kappa shape index (κ3) is 5.59. The number of carbonyl (C=O) groups is 2. The standard InChI is InChI=1S/C23H30N2O3/c1-6-20(23(27)24-5)25(14-19-10-7-16(2)8-11-19)22(26)15-28-21-12-9-17(3)13-18(21)4/h7-13,20H,6,14-15H2,1-5H3,(H,24,27)/t20-/m1/s1. The third-order valence-corrected chi connectivity index (χ3v) is 4.79. The first-order valence-corrected chi connectivity index (χ1v) is 9.62. The van der Waals surface area contributed by atoms with E-state index in [1.54, 1.807) is 11.9 Å². The summed E-state index contributed by atoms with van der Waals surface area (Å²) < 4.78 is 5.78. The molecule has 0 fully saturated rings. The Kier molecular flexibility index (Phi) is 7.61. The number of nitrogens with one attached hydrogen (secondary N) is 1. The molecule has 1 N–H and O–H groups in total. The normalized spacial score (nSPS) is 11.6. The van der Waals surface area contributed by atoms with Crippen LogP contribution in [-0.2, 0) is 16.1 Å².